The van der Waals surface area contributed by atoms with Gasteiger partial charge in [0.15, 0.2) is 5.16 Å². The monoisotopic (exact) mass is 401 g/mol. The highest BCUT2D eigenvalue weighted by atomic mass is 32.2. The van der Waals surface area contributed by atoms with Crippen molar-refractivity contribution in [3.05, 3.63) is 30.2 Å². The van der Waals surface area contributed by atoms with Gasteiger partial charge in [-0.1, -0.05) is 11.8 Å². The predicted molar refractivity (Wildman–Crippen MR) is 112 cm³/mol. The fourth-order valence-electron chi connectivity index (χ4n) is 3.13. The van der Waals surface area contributed by atoms with Crippen molar-refractivity contribution in [3.8, 4) is 0 Å². The summed E-state index contributed by atoms with van der Waals surface area (Å²) in [4.78, 5) is 31.5. The molecule has 0 spiro atoms. The minimum Gasteiger partial charge on any atom is -0.363 e. The smallest absolute Gasteiger partial charge is 0.230 e. The summed E-state index contributed by atoms with van der Waals surface area (Å²) in [6, 6.07) is 4.29. The van der Waals surface area contributed by atoms with Crippen LogP contribution in [0.1, 0.15) is 31.4 Å². The first-order valence-electron chi connectivity index (χ1n) is 9.48. The molecule has 1 aliphatic rings. The van der Waals surface area contributed by atoms with Crippen LogP contribution in [0, 0.1) is 6.92 Å². The molecule has 0 radical (unpaired) electrons. The first-order chi connectivity index (χ1) is 13.5. The lowest BCUT2D eigenvalue weighted by Gasteiger charge is -2.29. The predicted octanol–water partition coefficient (Wildman–Crippen LogP) is 2.27. The van der Waals surface area contributed by atoms with E-state index in [-0.39, 0.29) is 11.9 Å². The number of carbonyl (C=O) groups excluding carboxylic acids is 1. The van der Waals surface area contributed by atoms with Gasteiger partial charge in [0.05, 0.1) is 5.75 Å². The molecule has 28 heavy (non-hydrogen) atoms. The van der Waals surface area contributed by atoms with Crippen molar-refractivity contribution in [3.63, 3.8) is 0 Å². The number of hydrogen-bond acceptors (Lipinski definition) is 8. The molecule has 150 valence electrons. The lowest BCUT2D eigenvalue weighted by Crippen LogP contribution is -2.41. The fraction of sp³-hybridized carbons (Fsp3) is 0.526. The molecule has 0 aliphatic heterocycles. The maximum absolute atomic E-state index is 12.2. The summed E-state index contributed by atoms with van der Waals surface area (Å²) >= 11 is 1.37. The van der Waals surface area contributed by atoms with E-state index in [2.05, 4.69) is 30.6 Å². The van der Waals surface area contributed by atoms with Crippen molar-refractivity contribution >= 4 is 29.4 Å². The molecule has 0 atom stereocenters. The Hall–Kier alpha value is -2.42. The van der Waals surface area contributed by atoms with E-state index >= 15 is 0 Å². The second-order valence-corrected chi connectivity index (χ2v) is 8.11. The number of carbonyl (C=O) groups is 1. The molecule has 2 aromatic rings. The second-order valence-electron chi connectivity index (χ2n) is 7.16. The third kappa shape index (κ3) is 6.05. The van der Waals surface area contributed by atoms with Crippen LogP contribution in [0.2, 0.25) is 0 Å². The van der Waals surface area contributed by atoms with Gasteiger partial charge < -0.3 is 15.5 Å². The van der Waals surface area contributed by atoms with Gasteiger partial charge in [0, 0.05) is 44.3 Å². The number of aromatic nitrogens is 4. The maximum Gasteiger partial charge on any atom is 0.230 e. The van der Waals surface area contributed by atoms with E-state index in [1.165, 1.54) is 11.8 Å². The lowest BCUT2D eigenvalue weighted by molar-refractivity contribution is -0.119. The number of aryl methyl sites for hydroxylation is 1. The summed E-state index contributed by atoms with van der Waals surface area (Å²) in [6.45, 7) is 1.92. The van der Waals surface area contributed by atoms with E-state index in [4.69, 9.17) is 0 Å². The Morgan fingerprint density at radius 3 is 2.54 bits per heavy atom. The number of rotatable bonds is 7. The van der Waals surface area contributed by atoms with Crippen LogP contribution in [0.15, 0.2) is 29.7 Å². The molecule has 9 heteroatoms. The van der Waals surface area contributed by atoms with Crippen molar-refractivity contribution in [2.75, 3.05) is 30.1 Å². The molecule has 2 aromatic heterocycles. The number of anilines is 2. The standard InChI is InChI=1S/C19H27N7OS/c1-13-8-10-21-19(22-13)28-12-17(27)23-14-4-6-15(7-5-14)24-18-20-11-9-16(25-18)26(2)3/h8-11,14-15H,4-7,12H2,1-3H3,(H,23,27)(H,20,24,25)/t14-,15+. The number of amides is 1. The van der Waals surface area contributed by atoms with E-state index in [0.29, 0.717) is 22.9 Å². The van der Waals surface area contributed by atoms with Crippen LogP contribution in [0.25, 0.3) is 0 Å². The molecule has 2 N–H and O–H groups in total. The molecule has 1 aliphatic carbocycles. The normalized spacial score (nSPS) is 19.1. The molecule has 0 unspecified atom stereocenters. The van der Waals surface area contributed by atoms with Gasteiger partial charge in [-0.05, 0) is 44.7 Å². The zero-order valence-corrected chi connectivity index (χ0v) is 17.4. The zero-order chi connectivity index (χ0) is 19.9. The minimum atomic E-state index is 0.0357. The van der Waals surface area contributed by atoms with Gasteiger partial charge in [0.25, 0.3) is 0 Å². The third-order valence-electron chi connectivity index (χ3n) is 4.63. The van der Waals surface area contributed by atoms with E-state index in [0.717, 1.165) is 37.2 Å². The SMILES string of the molecule is Cc1ccnc(SCC(=O)N[C@H]2CC[C@@H](Nc3nccc(N(C)C)n3)CC2)n1. The number of nitrogens with zero attached hydrogens (tertiary/aromatic N) is 5. The topological polar surface area (TPSA) is 95.9 Å². The van der Waals surface area contributed by atoms with Crippen LogP contribution >= 0.6 is 11.8 Å². The Balaban J connectivity index is 1.40. The average molecular weight is 402 g/mol. The van der Waals surface area contributed by atoms with Gasteiger partial charge in [-0.3, -0.25) is 4.79 Å². The third-order valence-corrected chi connectivity index (χ3v) is 5.49. The van der Waals surface area contributed by atoms with Crippen molar-refractivity contribution in [2.45, 2.75) is 49.8 Å². The average Bonchev–Trinajstić information content (AvgIpc) is 2.68. The van der Waals surface area contributed by atoms with Gasteiger partial charge in [0.1, 0.15) is 5.82 Å². The van der Waals surface area contributed by atoms with Crippen LogP contribution in [-0.4, -0.2) is 57.8 Å². The van der Waals surface area contributed by atoms with E-state index in [1.54, 1.807) is 12.4 Å². The Morgan fingerprint density at radius 1 is 1.11 bits per heavy atom. The summed E-state index contributed by atoms with van der Waals surface area (Å²) < 4.78 is 0. The van der Waals surface area contributed by atoms with E-state index < -0.39 is 0 Å². The van der Waals surface area contributed by atoms with Gasteiger partial charge in [-0.15, -0.1) is 0 Å². The molecule has 1 amide bonds. The van der Waals surface area contributed by atoms with Gasteiger partial charge in [-0.2, -0.15) is 4.98 Å². The van der Waals surface area contributed by atoms with Crippen LogP contribution < -0.4 is 15.5 Å². The van der Waals surface area contributed by atoms with Crippen LogP contribution in [0.5, 0.6) is 0 Å². The number of nitrogens with one attached hydrogen (secondary N) is 2. The van der Waals surface area contributed by atoms with Gasteiger partial charge in [0.2, 0.25) is 11.9 Å². The molecule has 0 bridgehead atoms. The first-order valence-corrected chi connectivity index (χ1v) is 10.5. The first kappa shape index (κ1) is 20.3. The highest BCUT2D eigenvalue weighted by molar-refractivity contribution is 7.99. The highest BCUT2D eigenvalue weighted by Gasteiger charge is 2.23. The number of thioether (sulfide) groups is 1. The summed E-state index contributed by atoms with van der Waals surface area (Å²) in [7, 11) is 3.92. The fourth-order valence-corrected chi connectivity index (χ4v) is 3.81. The maximum atomic E-state index is 12.2. The molecule has 1 saturated carbocycles. The zero-order valence-electron chi connectivity index (χ0n) is 16.6. The Bertz CT molecular complexity index is 793. The summed E-state index contributed by atoms with van der Waals surface area (Å²) in [5, 5.41) is 7.19. The number of hydrogen-bond donors (Lipinski definition) is 2. The van der Waals surface area contributed by atoms with Crippen molar-refractivity contribution in [1.82, 2.24) is 25.3 Å². The quantitative estimate of drug-likeness (QED) is 0.539. The van der Waals surface area contributed by atoms with Crippen LogP contribution in [0.3, 0.4) is 0 Å². The molecule has 0 aromatic carbocycles. The van der Waals surface area contributed by atoms with Gasteiger partial charge in [-0.25, -0.2) is 15.0 Å². The summed E-state index contributed by atoms with van der Waals surface area (Å²) in [5.74, 6) is 1.92. The Labute approximate surface area is 170 Å². The molecule has 1 fully saturated rings. The minimum absolute atomic E-state index is 0.0357. The van der Waals surface area contributed by atoms with Crippen LogP contribution in [-0.2, 0) is 4.79 Å². The van der Waals surface area contributed by atoms with Gasteiger partial charge >= 0.3 is 0 Å². The second kappa shape index (κ2) is 9.68. The Morgan fingerprint density at radius 2 is 1.82 bits per heavy atom. The molecule has 8 nitrogen and oxygen atoms in total. The largest absolute Gasteiger partial charge is 0.363 e. The van der Waals surface area contributed by atoms with Crippen molar-refractivity contribution in [2.24, 2.45) is 0 Å². The molecule has 3 rings (SSSR count). The Kier molecular flexibility index (Phi) is 7.02. The van der Waals surface area contributed by atoms with Crippen LogP contribution in [0.4, 0.5) is 11.8 Å². The summed E-state index contributed by atoms with van der Waals surface area (Å²) in [5.41, 5.74) is 0.906. The summed E-state index contributed by atoms with van der Waals surface area (Å²) in [6.07, 6.45) is 7.34. The van der Waals surface area contributed by atoms with Crippen molar-refractivity contribution in [1.29, 1.82) is 0 Å². The molecule has 0 saturated heterocycles. The highest BCUT2D eigenvalue weighted by Crippen LogP contribution is 2.22. The molecular formula is C19H27N7OS. The molecular weight excluding hydrogens is 374 g/mol. The lowest BCUT2D eigenvalue weighted by atomic mass is 9.91. The van der Waals surface area contributed by atoms with Crippen molar-refractivity contribution < 1.29 is 4.79 Å². The molecule has 2 heterocycles. The van der Waals surface area contributed by atoms with E-state index in [9.17, 15) is 4.79 Å². The van der Waals surface area contributed by atoms with E-state index in [1.807, 2.05) is 38.1 Å².